The van der Waals surface area contributed by atoms with Gasteiger partial charge in [-0.15, -0.1) is 0 Å². The molecule has 3 aromatic rings. The number of pyridine rings is 1. The average Bonchev–Trinajstić information content (AvgIpc) is 2.99. The van der Waals surface area contributed by atoms with Gasteiger partial charge in [0.1, 0.15) is 0 Å². The maximum atomic E-state index is 12.3. The van der Waals surface area contributed by atoms with Crippen molar-refractivity contribution in [1.29, 1.82) is 0 Å². The Morgan fingerprint density at radius 1 is 1.22 bits per heavy atom. The lowest BCUT2D eigenvalue weighted by atomic mass is 10.1. The molecule has 0 unspecified atom stereocenters. The first kappa shape index (κ1) is 15.3. The largest absolute Gasteiger partial charge is 0.329 e. The van der Waals surface area contributed by atoms with E-state index in [2.05, 4.69) is 15.3 Å². The van der Waals surface area contributed by atoms with Crippen LogP contribution in [-0.2, 0) is 12.8 Å². The minimum atomic E-state index is -0.125. The van der Waals surface area contributed by atoms with E-state index in [0.717, 1.165) is 22.2 Å². The van der Waals surface area contributed by atoms with E-state index in [0.29, 0.717) is 5.56 Å². The maximum absolute atomic E-state index is 12.3. The molecule has 0 fully saturated rings. The zero-order valence-electron chi connectivity index (χ0n) is 12.6. The van der Waals surface area contributed by atoms with Gasteiger partial charge in [0.25, 0.3) is 5.91 Å². The Morgan fingerprint density at radius 3 is 2.78 bits per heavy atom. The van der Waals surface area contributed by atoms with Crippen molar-refractivity contribution in [2.24, 2.45) is 7.05 Å². The van der Waals surface area contributed by atoms with Crippen molar-refractivity contribution in [2.75, 3.05) is 5.32 Å². The molecule has 6 heteroatoms. The Labute approximate surface area is 138 Å². The second-order valence-electron chi connectivity index (χ2n) is 5.00. The molecule has 0 radical (unpaired) electrons. The van der Waals surface area contributed by atoms with Gasteiger partial charge in [-0.3, -0.25) is 9.78 Å². The minimum absolute atomic E-state index is 0.125. The van der Waals surface area contributed by atoms with E-state index in [1.165, 1.54) is 0 Å². The summed E-state index contributed by atoms with van der Waals surface area (Å²) in [5, 5.41) is 3.82. The van der Waals surface area contributed by atoms with E-state index >= 15 is 0 Å². The fourth-order valence-electron chi connectivity index (χ4n) is 2.08. The predicted octanol–water partition coefficient (Wildman–Crippen LogP) is 3.36. The van der Waals surface area contributed by atoms with Gasteiger partial charge in [-0.05, 0) is 29.8 Å². The summed E-state index contributed by atoms with van der Waals surface area (Å²) >= 11 is 1.64. The third kappa shape index (κ3) is 3.98. The molecule has 2 aromatic heterocycles. The minimum Gasteiger partial charge on any atom is -0.329 e. The summed E-state index contributed by atoms with van der Waals surface area (Å²) in [4.78, 5) is 20.5. The lowest BCUT2D eigenvalue weighted by Gasteiger charge is -2.07. The Hall–Kier alpha value is -2.60. The molecule has 0 atom stereocenters. The van der Waals surface area contributed by atoms with Gasteiger partial charge in [0, 0.05) is 48.8 Å². The Bertz CT molecular complexity index is 801. The number of hydrogen-bond acceptors (Lipinski definition) is 4. The number of carbonyl (C=O) groups is 1. The van der Waals surface area contributed by atoms with Crippen LogP contribution in [0.3, 0.4) is 0 Å². The third-order valence-corrected chi connectivity index (χ3v) is 4.40. The zero-order chi connectivity index (χ0) is 16.1. The lowest BCUT2D eigenvalue weighted by molar-refractivity contribution is 0.102. The summed E-state index contributed by atoms with van der Waals surface area (Å²) in [6.07, 6.45) is 6.99. The number of thioether (sulfide) groups is 1. The van der Waals surface area contributed by atoms with Crippen LogP contribution in [0.15, 0.2) is 66.3 Å². The van der Waals surface area contributed by atoms with Crippen molar-refractivity contribution in [3.63, 3.8) is 0 Å². The van der Waals surface area contributed by atoms with Gasteiger partial charge in [-0.1, -0.05) is 23.9 Å². The summed E-state index contributed by atoms with van der Waals surface area (Å²) < 4.78 is 1.98. The first-order valence-corrected chi connectivity index (χ1v) is 8.11. The Balaban J connectivity index is 1.67. The lowest BCUT2D eigenvalue weighted by Crippen LogP contribution is -2.12. The summed E-state index contributed by atoms with van der Waals surface area (Å²) in [7, 11) is 1.97. The number of carbonyl (C=O) groups excluding carboxylic acids is 1. The van der Waals surface area contributed by atoms with Gasteiger partial charge in [-0.2, -0.15) is 0 Å². The van der Waals surface area contributed by atoms with Crippen LogP contribution in [0.25, 0.3) is 0 Å². The molecule has 0 aliphatic rings. The van der Waals surface area contributed by atoms with Gasteiger partial charge in [0.05, 0.1) is 0 Å². The van der Waals surface area contributed by atoms with Crippen LogP contribution < -0.4 is 5.32 Å². The number of anilines is 1. The maximum Gasteiger partial charge on any atom is 0.255 e. The molecule has 0 bridgehead atoms. The van der Waals surface area contributed by atoms with Gasteiger partial charge in [-0.25, -0.2) is 4.98 Å². The molecule has 0 saturated carbocycles. The van der Waals surface area contributed by atoms with E-state index in [-0.39, 0.29) is 5.91 Å². The molecular weight excluding hydrogens is 308 g/mol. The molecule has 1 N–H and O–H groups in total. The third-order valence-electron chi connectivity index (χ3n) is 3.27. The van der Waals surface area contributed by atoms with Gasteiger partial charge < -0.3 is 9.88 Å². The number of aryl methyl sites for hydroxylation is 1. The summed E-state index contributed by atoms with van der Waals surface area (Å²) in [5.41, 5.74) is 2.46. The highest BCUT2D eigenvalue weighted by molar-refractivity contribution is 7.98. The molecule has 3 rings (SSSR count). The molecule has 116 valence electrons. The fraction of sp³-hybridized carbons (Fsp3) is 0.118. The second kappa shape index (κ2) is 7.11. The highest BCUT2D eigenvalue weighted by atomic mass is 32.2. The molecule has 0 saturated heterocycles. The van der Waals surface area contributed by atoms with Crippen LogP contribution in [0.4, 0.5) is 5.69 Å². The van der Waals surface area contributed by atoms with E-state index in [1.54, 1.807) is 42.5 Å². The van der Waals surface area contributed by atoms with Gasteiger partial charge >= 0.3 is 0 Å². The van der Waals surface area contributed by atoms with E-state index < -0.39 is 0 Å². The standard InChI is InChI=1S/C17H16N4OS/c1-21-10-9-19-17(21)23-12-13-3-2-4-14(11-13)16(22)20-15-5-7-18-8-6-15/h2-11H,12H2,1H3,(H,18,20,22). The quantitative estimate of drug-likeness (QED) is 0.731. The first-order valence-electron chi connectivity index (χ1n) is 7.13. The number of nitrogens with one attached hydrogen (secondary N) is 1. The average molecular weight is 324 g/mol. The van der Waals surface area contributed by atoms with Gasteiger partial charge in [0.2, 0.25) is 0 Å². The number of amides is 1. The van der Waals surface area contributed by atoms with Crippen LogP contribution in [0.1, 0.15) is 15.9 Å². The number of nitrogens with zero attached hydrogens (tertiary/aromatic N) is 3. The molecule has 2 heterocycles. The zero-order valence-corrected chi connectivity index (χ0v) is 13.5. The van der Waals surface area contributed by atoms with E-state index in [1.807, 2.05) is 42.1 Å². The number of benzene rings is 1. The molecule has 0 aliphatic carbocycles. The van der Waals surface area contributed by atoms with E-state index in [9.17, 15) is 4.79 Å². The van der Waals surface area contributed by atoms with Crippen LogP contribution in [0.2, 0.25) is 0 Å². The number of imidazole rings is 1. The number of rotatable bonds is 5. The highest BCUT2D eigenvalue weighted by Crippen LogP contribution is 2.21. The topological polar surface area (TPSA) is 59.8 Å². The van der Waals surface area contributed by atoms with Crippen LogP contribution in [-0.4, -0.2) is 20.4 Å². The van der Waals surface area contributed by atoms with Gasteiger partial charge in [0.15, 0.2) is 5.16 Å². The Kier molecular flexibility index (Phi) is 4.73. The molecule has 1 amide bonds. The van der Waals surface area contributed by atoms with Crippen molar-refractivity contribution < 1.29 is 4.79 Å². The summed E-state index contributed by atoms with van der Waals surface area (Å²) in [6, 6.07) is 11.2. The van der Waals surface area contributed by atoms with Crippen LogP contribution in [0, 0.1) is 0 Å². The molecule has 0 spiro atoms. The normalized spacial score (nSPS) is 10.5. The highest BCUT2D eigenvalue weighted by Gasteiger charge is 2.08. The van der Waals surface area contributed by atoms with Crippen LogP contribution >= 0.6 is 11.8 Å². The predicted molar refractivity (Wildman–Crippen MR) is 91.4 cm³/mol. The van der Waals surface area contributed by atoms with E-state index in [4.69, 9.17) is 0 Å². The van der Waals surface area contributed by atoms with Crippen molar-refractivity contribution in [1.82, 2.24) is 14.5 Å². The number of aromatic nitrogens is 3. The number of hydrogen-bond donors (Lipinski definition) is 1. The van der Waals surface area contributed by atoms with Crippen molar-refractivity contribution >= 4 is 23.4 Å². The smallest absolute Gasteiger partial charge is 0.255 e. The molecular formula is C17H16N4OS. The van der Waals surface area contributed by atoms with Crippen molar-refractivity contribution in [3.05, 3.63) is 72.3 Å². The summed E-state index contributed by atoms with van der Waals surface area (Å²) in [5.74, 6) is 0.640. The van der Waals surface area contributed by atoms with Crippen LogP contribution in [0.5, 0.6) is 0 Å². The fourth-order valence-corrected chi connectivity index (χ4v) is 2.95. The molecule has 1 aromatic carbocycles. The van der Waals surface area contributed by atoms with Crippen molar-refractivity contribution in [2.45, 2.75) is 10.9 Å². The molecule has 5 nitrogen and oxygen atoms in total. The Morgan fingerprint density at radius 2 is 2.04 bits per heavy atom. The SMILES string of the molecule is Cn1ccnc1SCc1cccc(C(=O)Nc2ccncc2)c1. The van der Waals surface area contributed by atoms with Crippen molar-refractivity contribution in [3.8, 4) is 0 Å². The second-order valence-corrected chi connectivity index (χ2v) is 5.94. The summed E-state index contributed by atoms with van der Waals surface area (Å²) in [6.45, 7) is 0. The first-order chi connectivity index (χ1) is 11.2. The molecule has 23 heavy (non-hydrogen) atoms. The molecule has 0 aliphatic heterocycles. The monoisotopic (exact) mass is 324 g/mol.